The van der Waals surface area contributed by atoms with E-state index in [4.69, 9.17) is 16.6 Å². The molecule has 5 heteroatoms. The van der Waals surface area contributed by atoms with Crippen LogP contribution in [0, 0.1) is 0 Å². The molecule has 2 aromatic heterocycles. The van der Waals surface area contributed by atoms with E-state index in [1.165, 1.54) is 0 Å². The summed E-state index contributed by atoms with van der Waals surface area (Å²) in [6, 6.07) is 7.75. The van der Waals surface area contributed by atoms with Gasteiger partial charge in [0.1, 0.15) is 0 Å². The molecule has 1 aromatic carbocycles. The molecule has 2 heterocycles. The van der Waals surface area contributed by atoms with Gasteiger partial charge in [-0.1, -0.05) is 30.7 Å². The number of hydrogen-bond donors (Lipinski definition) is 0. The average Bonchev–Trinajstić information content (AvgIpc) is 2.91. The Bertz CT molecular complexity index is 929. The summed E-state index contributed by atoms with van der Waals surface area (Å²) in [6.45, 7) is 2.07. The number of fused-ring (bicyclic) bond motifs is 2. The van der Waals surface area contributed by atoms with E-state index in [0.29, 0.717) is 17.0 Å². The number of aryl methyl sites for hydroxylation is 2. The Morgan fingerprint density at radius 1 is 1.30 bits per heavy atom. The van der Waals surface area contributed by atoms with Gasteiger partial charge in [-0.05, 0) is 37.0 Å². The van der Waals surface area contributed by atoms with Crippen LogP contribution >= 0.6 is 11.6 Å². The Morgan fingerprint density at radius 2 is 2.17 bits per heavy atom. The second-order valence-electron chi connectivity index (χ2n) is 5.83. The maximum Gasteiger partial charge on any atom is 0.166 e. The number of nitrogens with zero attached hydrogens (tertiary/aromatic N) is 3. The fourth-order valence-electron chi connectivity index (χ4n) is 3.21. The van der Waals surface area contributed by atoms with Crippen molar-refractivity contribution in [3.05, 3.63) is 52.4 Å². The molecule has 0 amide bonds. The first-order chi connectivity index (χ1) is 11.2. The molecule has 1 aliphatic rings. The highest BCUT2D eigenvalue weighted by Crippen LogP contribution is 2.31. The molecule has 0 N–H and O–H groups in total. The largest absolute Gasteiger partial charge is 0.294 e. The van der Waals surface area contributed by atoms with E-state index in [0.717, 1.165) is 47.4 Å². The van der Waals surface area contributed by atoms with Gasteiger partial charge in [0.2, 0.25) is 0 Å². The predicted octanol–water partition coefficient (Wildman–Crippen LogP) is 4.13. The summed E-state index contributed by atoms with van der Waals surface area (Å²) in [6.07, 6.45) is 4.95. The number of hydrogen-bond acceptors (Lipinski definition) is 3. The van der Waals surface area contributed by atoms with E-state index < -0.39 is 0 Å². The molecule has 0 bridgehead atoms. The smallest absolute Gasteiger partial charge is 0.166 e. The third-order valence-corrected chi connectivity index (χ3v) is 4.56. The Kier molecular flexibility index (Phi) is 3.42. The highest BCUT2D eigenvalue weighted by molar-refractivity contribution is 6.30. The lowest BCUT2D eigenvalue weighted by Gasteiger charge is -2.13. The summed E-state index contributed by atoms with van der Waals surface area (Å²) in [5, 5.41) is 5.33. The van der Waals surface area contributed by atoms with Crippen LogP contribution in [0.5, 0.6) is 0 Å². The number of Topliss-reactive ketones (excluding diaryl/α,β-unsaturated/α-hetero) is 1. The molecule has 4 rings (SSSR count). The normalized spacial score (nSPS) is 14.3. The first kappa shape index (κ1) is 14.4. The van der Waals surface area contributed by atoms with Crippen molar-refractivity contribution in [2.45, 2.75) is 32.6 Å². The monoisotopic (exact) mass is 325 g/mol. The minimum Gasteiger partial charge on any atom is -0.294 e. The lowest BCUT2D eigenvalue weighted by atomic mass is 9.96. The molecule has 3 aromatic rings. The molecule has 0 aliphatic heterocycles. The number of carbonyl (C=O) groups is 1. The van der Waals surface area contributed by atoms with Gasteiger partial charge in [0.15, 0.2) is 11.4 Å². The zero-order valence-corrected chi connectivity index (χ0v) is 13.6. The maximum absolute atomic E-state index is 12.1. The average molecular weight is 326 g/mol. The van der Waals surface area contributed by atoms with E-state index in [2.05, 4.69) is 12.0 Å². The van der Waals surface area contributed by atoms with Gasteiger partial charge in [0.05, 0.1) is 17.0 Å². The number of rotatable bonds is 2. The molecule has 0 saturated carbocycles. The SMILES string of the molecule is CCc1nn2cc3c(nc2c1-c1cccc(Cl)c1)CCCC3=O. The second-order valence-corrected chi connectivity index (χ2v) is 6.27. The van der Waals surface area contributed by atoms with Crippen LogP contribution in [-0.2, 0) is 12.8 Å². The van der Waals surface area contributed by atoms with Crippen LogP contribution in [0.4, 0.5) is 0 Å². The molecule has 0 saturated heterocycles. The summed E-state index contributed by atoms with van der Waals surface area (Å²) in [7, 11) is 0. The molecular weight excluding hydrogens is 310 g/mol. The zero-order valence-electron chi connectivity index (χ0n) is 12.8. The summed E-state index contributed by atoms with van der Waals surface area (Å²) in [5.74, 6) is 0.165. The van der Waals surface area contributed by atoms with Gasteiger partial charge in [-0.3, -0.25) is 4.79 Å². The summed E-state index contributed by atoms with van der Waals surface area (Å²) in [4.78, 5) is 16.9. The molecular formula is C18H16ClN3O. The number of benzene rings is 1. The van der Waals surface area contributed by atoms with E-state index in [-0.39, 0.29) is 5.78 Å². The van der Waals surface area contributed by atoms with Crippen molar-refractivity contribution in [3.63, 3.8) is 0 Å². The van der Waals surface area contributed by atoms with Crippen LogP contribution in [0.2, 0.25) is 5.02 Å². The van der Waals surface area contributed by atoms with Crippen LogP contribution in [0.1, 0.15) is 41.5 Å². The summed E-state index contributed by atoms with van der Waals surface area (Å²) >= 11 is 6.15. The van der Waals surface area contributed by atoms with Gasteiger partial charge in [0, 0.05) is 23.2 Å². The van der Waals surface area contributed by atoms with E-state index in [1.807, 2.05) is 30.5 Å². The molecule has 0 atom stereocenters. The van der Waals surface area contributed by atoms with Crippen LogP contribution in [0.15, 0.2) is 30.5 Å². The summed E-state index contributed by atoms with van der Waals surface area (Å²) < 4.78 is 1.75. The second kappa shape index (κ2) is 5.46. The topological polar surface area (TPSA) is 47.3 Å². The van der Waals surface area contributed by atoms with Gasteiger partial charge >= 0.3 is 0 Å². The molecule has 4 nitrogen and oxygen atoms in total. The Labute approximate surface area is 139 Å². The molecule has 0 fully saturated rings. The Balaban J connectivity index is 2.01. The lowest BCUT2D eigenvalue weighted by Crippen LogP contribution is -2.14. The fourth-order valence-corrected chi connectivity index (χ4v) is 3.41. The third kappa shape index (κ3) is 2.34. The Hall–Kier alpha value is -2.20. The number of carbonyl (C=O) groups excluding carboxylic acids is 1. The van der Waals surface area contributed by atoms with Crippen molar-refractivity contribution in [2.24, 2.45) is 0 Å². The number of aromatic nitrogens is 3. The van der Waals surface area contributed by atoms with Gasteiger partial charge in [-0.2, -0.15) is 5.10 Å². The maximum atomic E-state index is 12.1. The number of halogens is 1. The highest BCUT2D eigenvalue weighted by Gasteiger charge is 2.22. The number of ketones is 1. The van der Waals surface area contributed by atoms with Gasteiger partial charge in [-0.25, -0.2) is 9.50 Å². The molecule has 1 aliphatic carbocycles. The molecule has 0 radical (unpaired) electrons. The minimum absolute atomic E-state index is 0.165. The quantitative estimate of drug-likeness (QED) is 0.711. The van der Waals surface area contributed by atoms with Crippen LogP contribution in [0.3, 0.4) is 0 Å². The van der Waals surface area contributed by atoms with E-state index >= 15 is 0 Å². The molecule has 23 heavy (non-hydrogen) atoms. The first-order valence-corrected chi connectivity index (χ1v) is 8.25. The van der Waals surface area contributed by atoms with Crippen LogP contribution in [0.25, 0.3) is 16.8 Å². The molecule has 0 unspecified atom stereocenters. The highest BCUT2D eigenvalue weighted by atomic mass is 35.5. The van der Waals surface area contributed by atoms with Gasteiger partial charge in [0.25, 0.3) is 0 Å². The van der Waals surface area contributed by atoms with Crippen molar-refractivity contribution in [3.8, 4) is 11.1 Å². The zero-order chi connectivity index (χ0) is 16.0. The van der Waals surface area contributed by atoms with E-state index in [9.17, 15) is 4.79 Å². The van der Waals surface area contributed by atoms with Crippen molar-refractivity contribution < 1.29 is 4.79 Å². The van der Waals surface area contributed by atoms with Crippen LogP contribution < -0.4 is 0 Å². The predicted molar refractivity (Wildman–Crippen MR) is 90.1 cm³/mol. The van der Waals surface area contributed by atoms with Crippen molar-refractivity contribution in [2.75, 3.05) is 0 Å². The standard InChI is InChI=1S/C18H16ClN3O/c1-2-14-17(11-5-3-6-12(19)9-11)18-20-15-7-4-8-16(23)13(15)10-22(18)21-14/h3,5-6,9-10H,2,4,7-8H2,1H3. The van der Waals surface area contributed by atoms with E-state index in [1.54, 1.807) is 4.52 Å². The summed E-state index contributed by atoms with van der Waals surface area (Å²) in [5.41, 5.74) is 5.40. The van der Waals surface area contributed by atoms with Gasteiger partial charge < -0.3 is 0 Å². The molecule has 0 spiro atoms. The van der Waals surface area contributed by atoms with Crippen LogP contribution in [-0.4, -0.2) is 20.4 Å². The van der Waals surface area contributed by atoms with Crippen molar-refractivity contribution >= 4 is 23.0 Å². The first-order valence-electron chi connectivity index (χ1n) is 7.87. The minimum atomic E-state index is 0.165. The van der Waals surface area contributed by atoms with Crippen molar-refractivity contribution in [1.82, 2.24) is 14.6 Å². The molecule has 116 valence electrons. The third-order valence-electron chi connectivity index (χ3n) is 4.33. The lowest BCUT2D eigenvalue weighted by molar-refractivity contribution is 0.0971. The van der Waals surface area contributed by atoms with Gasteiger partial charge in [-0.15, -0.1) is 0 Å². The fraction of sp³-hybridized carbons (Fsp3) is 0.278. The van der Waals surface area contributed by atoms with Crippen molar-refractivity contribution in [1.29, 1.82) is 0 Å². The Morgan fingerprint density at radius 3 is 2.96 bits per heavy atom.